The van der Waals surface area contributed by atoms with Crippen molar-refractivity contribution in [3.63, 3.8) is 0 Å². The molecule has 0 bridgehead atoms. The van der Waals surface area contributed by atoms with Crippen molar-refractivity contribution < 1.29 is 28.9 Å². The third kappa shape index (κ3) is 5.68. The van der Waals surface area contributed by atoms with Crippen molar-refractivity contribution in [1.29, 1.82) is 0 Å². The fraction of sp³-hybridized carbons (Fsp3) is 0.0870. The molecule has 0 aliphatic heterocycles. The maximum atomic E-state index is 12.8. The normalized spacial score (nSPS) is 10.7. The summed E-state index contributed by atoms with van der Waals surface area (Å²) in [5, 5.41) is 22.5. The number of hydrogen-bond donors (Lipinski definition) is 0. The average Bonchev–Trinajstić information content (AvgIpc) is 2.84. The lowest BCUT2D eigenvalue weighted by molar-refractivity contribution is -0.394. The number of halogens is 2. The van der Waals surface area contributed by atoms with Gasteiger partial charge in [-0.3, -0.25) is 20.2 Å². The van der Waals surface area contributed by atoms with E-state index in [0.29, 0.717) is 5.56 Å². The summed E-state index contributed by atoms with van der Waals surface area (Å²) in [5.74, 6) is -0.491. The van der Waals surface area contributed by atoms with Crippen LogP contribution in [0.4, 0.5) is 11.4 Å². The molecule has 0 aliphatic carbocycles. The smallest absolute Gasteiger partial charge is 0.349 e. The van der Waals surface area contributed by atoms with Crippen LogP contribution in [0.1, 0.15) is 21.5 Å². The molecular weight excluding hydrogens is 503 g/mol. The summed E-state index contributed by atoms with van der Waals surface area (Å²) in [6.45, 7) is 0. The van der Waals surface area contributed by atoms with Crippen molar-refractivity contribution in [2.24, 2.45) is 0 Å². The molecule has 3 aromatic carbocycles. The van der Waals surface area contributed by atoms with E-state index in [2.05, 4.69) is 0 Å². The van der Waals surface area contributed by atoms with Crippen molar-refractivity contribution in [2.75, 3.05) is 14.2 Å². The second-order valence-corrected chi connectivity index (χ2v) is 7.64. The lowest BCUT2D eigenvalue weighted by Crippen LogP contribution is -2.12. The number of rotatable bonds is 8. The molecule has 0 saturated carbocycles. The second-order valence-electron chi connectivity index (χ2n) is 6.83. The number of carbonyl (C=O) groups is 1. The fourth-order valence-corrected chi connectivity index (χ4v) is 3.54. The molecular formula is C23H16Cl2N2O8. The minimum atomic E-state index is -0.822. The van der Waals surface area contributed by atoms with E-state index in [0.717, 1.165) is 6.07 Å². The number of nitrogens with zero attached hydrogens (tertiary/aromatic N) is 2. The molecule has 0 unspecified atom stereocenters. The highest BCUT2D eigenvalue weighted by Gasteiger charge is 2.23. The van der Waals surface area contributed by atoms with Gasteiger partial charge in [0.15, 0.2) is 17.2 Å². The van der Waals surface area contributed by atoms with Gasteiger partial charge in [0.05, 0.1) is 45.7 Å². The molecule has 0 spiro atoms. The molecule has 0 heterocycles. The van der Waals surface area contributed by atoms with Gasteiger partial charge < -0.3 is 14.2 Å². The monoisotopic (exact) mass is 518 g/mol. The Morgan fingerprint density at radius 3 is 2.20 bits per heavy atom. The molecule has 0 aliphatic rings. The minimum Gasteiger partial charge on any atom is -0.494 e. The van der Waals surface area contributed by atoms with Crippen molar-refractivity contribution in [1.82, 2.24) is 0 Å². The Bertz CT molecular complexity index is 1360. The number of ether oxygens (including phenoxy) is 3. The molecule has 10 nitrogen and oxygen atoms in total. The molecule has 3 aromatic rings. The SMILES string of the molecule is COc1cc(C=Cc2ccc([N+](=O)[O-])cc2[N+](=O)[O-])ccc1OC(=O)c1c(Cl)ccc(Cl)c1OC. The number of hydrogen-bond acceptors (Lipinski definition) is 8. The van der Waals surface area contributed by atoms with E-state index in [4.69, 9.17) is 37.4 Å². The molecule has 12 heteroatoms. The summed E-state index contributed by atoms with van der Waals surface area (Å²) in [7, 11) is 2.71. The lowest BCUT2D eigenvalue weighted by atomic mass is 10.1. The highest BCUT2D eigenvalue weighted by Crippen LogP contribution is 2.36. The van der Waals surface area contributed by atoms with E-state index in [1.54, 1.807) is 12.1 Å². The van der Waals surface area contributed by atoms with Crippen LogP contribution >= 0.6 is 23.2 Å². The molecule has 0 atom stereocenters. The van der Waals surface area contributed by atoms with Gasteiger partial charge in [-0.25, -0.2) is 4.79 Å². The van der Waals surface area contributed by atoms with Crippen LogP contribution in [0, 0.1) is 20.2 Å². The first-order chi connectivity index (χ1) is 16.7. The van der Waals surface area contributed by atoms with Gasteiger partial charge >= 0.3 is 5.97 Å². The number of methoxy groups -OCH3 is 2. The van der Waals surface area contributed by atoms with Crippen LogP contribution in [0.3, 0.4) is 0 Å². The molecule has 35 heavy (non-hydrogen) atoms. The first kappa shape index (κ1) is 25.5. The van der Waals surface area contributed by atoms with Crippen molar-refractivity contribution >= 4 is 52.7 Å². The fourth-order valence-electron chi connectivity index (χ4n) is 3.08. The van der Waals surface area contributed by atoms with E-state index >= 15 is 0 Å². The number of nitro groups is 2. The predicted molar refractivity (Wildman–Crippen MR) is 130 cm³/mol. The Labute approximate surface area is 208 Å². The molecule has 180 valence electrons. The van der Waals surface area contributed by atoms with Crippen molar-refractivity contribution in [3.05, 3.63) is 95.5 Å². The van der Waals surface area contributed by atoms with Crippen LogP contribution in [0.2, 0.25) is 10.0 Å². The quantitative estimate of drug-likeness (QED) is 0.113. The third-order valence-corrected chi connectivity index (χ3v) is 5.35. The van der Waals surface area contributed by atoms with Gasteiger partial charge in [0, 0.05) is 6.07 Å². The highest BCUT2D eigenvalue weighted by molar-refractivity contribution is 6.37. The molecule has 0 aromatic heterocycles. The van der Waals surface area contributed by atoms with Gasteiger partial charge in [0.2, 0.25) is 0 Å². The van der Waals surface area contributed by atoms with Crippen LogP contribution in [-0.4, -0.2) is 30.0 Å². The summed E-state index contributed by atoms with van der Waals surface area (Å²) < 4.78 is 15.9. The zero-order chi connectivity index (χ0) is 25.7. The number of benzene rings is 3. The Kier molecular flexibility index (Phi) is 7.90. The Morgan fingerprint density at radius 1 is 0.857 bits per heavy atom. The number of nitro benzene ring substituents is 2. The molecule has 0 radical (unpaired) electrons. The van der Waals surface area contributed by atoms with Gasteiger partial charge in [0.1, 0.15) is 5.56 Å². The van der Waals surface area contributed by atoms with E-state index in [1.807, 2.05) is 0 Å². The summed E-state index contributed by atoms with van der Waals surface area (Å²) in [5.41, 5.74) is -0.151. The Balaban J connectivity index is 1.89. The largest absolute Gasteiger partial charge is 0.494 e. The number of carbonyl (C=O) groups excluding carboxylic acids is 1. The Morgan fingerprint density at radius 2 is 1.57 bits per heavy atom. The summed E-state index contributed by atoms with van der Waals surface area (Å²) in [4.78, 5) is 33.6. The van der Waals surface area contributed by atoms with E-state index < -0.39 is 27.2 Å². The van der Waals surface area contributed by atoms with Crippen molar-refractivity contribution in [2.45, 2.75) is 0 Å². The van der Waals surface area contributed by atoms with Gasteiger partial charge in [-0.2, -0.15) is 0 Å². The first-order valence-corrected chi connectivity index (χ1v) is 10.4. The Hall–Kier alpha value is -4.15. The van der Waals surface area contributed by atoms with Crippen LogP contribution < -0.4 is 14.2 Å². The third-order valence-electron chi connectivity index (χ3n) is 4.73. The van der Waals surface area contributed by atoms with E-state index in [-0.39, 0.29) is 38.4 Å². The van der Waals surface area contributed by atoms with Gasteiger partial charge in [0.25, 0.3) is 11.4 Å². The van der Waals surface area contributed by atoms with Gasteiger partial charge in [-0.15, -0.1) is 0 Å². The standard InChI is InChI=1S/C23H16Cl2N2O8/c1-33-20-11-13(3-5-14-6-7-15(26(29)30)12-18(14)27(31)32)4-10-19(20)35-23(28)21-16(24)8-9-17(25)22(21)34-2/h3-12H,1-2H3. The zero-order valence-corrected chi connectivity index (χ0v) is 19.7. The highest BCUT2D eigenvalue weighted by atomic mass is 35.5. The summed E-state index contributed by atoms with van der Waals surface area (Å²) in [6, 6.07) is 10.8. The molecule has 0 amide bonds. The average molecular weight is 519 g/mol. The molecule has 0 N–H and O–H groups in total. The maximum Gasteiger partial charge on any atom is 0.349 e. The summed E-state index contributed by atoms with van der Waals surface area (Å²) in [6.07, 6.45) is 2.97. The van der Waals surface area contributed by atoms with Crippen LogP contribution in [0.25, 0.3) is 12.2 Å². The molecule has 0 fully saturated rings. The maximum absolute atomic E-state index is 12.8. The van der Waals surface area contributed by atoms with Crippen LogP contribution in [0.15, 0.2) is 48.5 Å². The topological polar surface area (TPSA) is 131 Å². The predicted octanol–water partition coefficient (Wildman–Crippen LogP) is 6.22. The van der Waals surface area contributed by atoms with Crippen LogP contribution in [-0.2, 0) is 0 Å². The number of non-ortho nitro benzene ring substituents is 1. The lowest BCUT2D eigenvalue weighted by Gasteiger charge is -2.13. The van der Waals surface area contributed by atoms with E-state index in [9.17, 15) is 25.0 Å². The molecule has 3 rings (SSSR count). The van der Waals surface area contributed by atoms with Gasteiger partial charge in [-0.05, 0) is 42.0 Å². The van der Waals surface area contributed by atoms with E-state index in [1.165, 1.54) is 56.7 Å². The second kappa shape index (κ2) is 10.9. The first-order valence-electron chi connectivity index (χ1n) is 9.69. The summed E-state index contributed by atoms with van der Waals surface area (Å²) >= 11 is 12.2. The van der Waals surface area contributed by atoms with Crippen molar-refractivity contribution in [3.8, 4) is 17.2 Å². The minimum absolute atomic E-state index is 0.0572. The zero-order valence-electron chi connectivity index (χ0n) is 18.2. The number of esters is 1. The molecule has 0 saturated heterocycles. The van der Waals surface area contributed by atoms with Crippen LogP contribution in [0.5, 0.6) is 17.2 Å². The van der Waals surface area contributed by atoms with Gasteiger partial charge in [-0.1, -0.05) is 35.3 Å².